The third-order valence-corrected chi connectivity index (χ3v) is 5.36. The summed E-state index contributed by atoms with van der Waals surface area (Å²) in [6.45, 7) is -3.02. The van der Waals surface area contributed by atoms with Crippen LogP contribution in [0.25, 0.3) is 16.8 Å². The Bertz CT molecular complexity index is 1330. The van der Waals surface area contributed by atoms with E-state index in [0.29, 0.717) is 16.8 Å². The van der Waals surface area contributed by atoms with Crippen LogP contribution in [0.5, 0.6) is 5.75 Å². The number of alkyl halides is 2. The summed E-state index contributed by atoms with van der Waals surface area (Å²) in [7, 11) is -4.04. The van der Waals surface area contributed by atoms with Gasteiger partial charge >= 0.3 is 6.61 Å². The summed E-state index contributed by atoms with van der Waals surface area (Å²) in [4.78, 5) is 7.91. The summed E-state index contributed by atoms with van der Waals surface area (Å²) in [6.07, 6.45) is 4.32. The number of rotatable bonds is 6. The Morgan fingerprint density at radius 1 is 1.10 bits per heavy atom. The summed E-state index contributed by atoms with van der Waals surface area (Å²) < 4.78 is 58.3. The van der Waals surface area contributed by atoms with Crippen LogP contribution >= 0.6 is 0 Å². The Kier molecular flexibility index (Phi) is 4.91. The molecule has 12 heteroatoms. The maximum Gasteiger partial charge on any atom is 0.387 e. The van der Waals surface area contributed by atoms with Crippen molar-refractivity contribution < 1.29 is 21.9 Å². The molecule has 0 unspecified atom stereocenters. The average molecular weight is 432 g/mol. The molecule has 9 nitrogen and oxygen atoms in total. The molecule has 4 rings (SSSR count). The zero-order valence-corrected chi connectivity index (χ0v) is 15.9. The average Bonchev–Trinajstić information content (AvgIpc) is 3.06. The maximum absolute atomic E-state index is 12.8. The third-order valence-electron chi connectivity index (χ3n) is 4.02. The number of hydrogen-bond donors (Lipinski definition) is 2. The summed E-state index contributed by atoms with van der Waals surface area (Å²) in [5.74, 6) is -0.0543. The van der Waals surface area contributed by atoms with Gasteiger partial charge in [0.05, 0.1) is 5.69 Å². The van der Waals surface area contributed by atoms with Crippen molar-refractivity contribution in [3.05, 3.63) is 61.1 Å². The molecule has 154 valence electrons. The number of pyridine rings is 2. The van der Waals surface area contributed by atoms with Crippen molar-refractivity contribution in [2.24, 2.45) is 0 Å². The molecular weight excluding hydrogens is 418 g/mol. The van der Waals surface area contributed by atoms with E-state index in [1.165, 1.54) is 41.2 Å². The molecule has 0 saturated heterocycles. The van der Waals surface area contributed by atoms with Gasteiger partial charge in [-0.15, -0.1) is 5.10 Å². The van der Waals surface area contributed by atoms with Crippen LogP contribution < -0.4 is 15.2 Å². The number of halogens is 2. The maximum atomic E-state index is 12.8. The fourth-order valence-corrected chi connectivity index (χ4v) is 3.78. The van der Waals surface area contributed by atoms with Crippen molar-refractivity contribution in [3.63, 3.8) is 0 Å². The lowest BCUT2D eigenvalue weighted by Crippen LogP contribution is -2.13. The Labute approximate surface area is 169 Å². The highest BCUT2D eigenvalue weighted by Crippen LogP contribution is 2.25. The van der Waals surface area contributed by atoms with Gasteiger partial charge in [-0.2, -0.15) is 13.8 Å². The number of aromatic nitrogens is 4. The second kappa shape index (κ2) is 7.55. The number of nitrogen functional groups attached to an aromatic ring is 1. The fourth-order valence-electron chi connectivity index (χ4n) is 2.74. The minimum absolute atomic E-state index is 0.0677. The molecule has 0 aliphatic heterocycles. The first-order valence-corrected chi connectivity index (χ1v) is 9.93. The predicted octanol–water partition coefficient (Wildman–Crippen LogP) is 2.78. The second-order valence-corrected chi connectivity index (χ2v) is 7.79. The molecule has 0 bridgehead atoms. The number of anilines is 2. The van der Waals surface area contributed by atoms with Crippen LogP contribution in [0.15, 0.2) is 66.0 Å². The van der Waals surface area contributed by atoms with Crippen molar-refractivity contribution in [3.8, 4) is 16.9 Å². The van der Waals surface area contributed by atoms with Gasteiger partial charge in [-0.3, -0.25) is 9.71 Å². The summed E-state index contributed by atoms with van der Waals surface area (Å²) in [5.41, 5.74) is 7.35. The number of nitrogens with zero attached hydrogens (tertiary/aromatic N) is 4. The van der Waals surface area contributed by atoms with E-state index < -0.39 is 16.6 Å². The lowest BCUT2D eigenvalue weighted by atomic mass is 10.1. The SMILES string of the molecule is Nc1nc2ccc(-c3cncc(S(=O)(=O)Nc4cccc(OC(F)F)c4)c3)cn2n1. The zero-order chi connectivity index (χ0) is 21.3. The molecule has 0 aliphatic rings. The van der Waals surface area contributed by atoms with Gasteiger partial charge in [-0.1, -0.05) is 6.07 Å². The van der Waals surface area contributed by atoms with Crippen molar-refractivity contribution in [2.75, 3.05) is 10.5 Å². The predicted molar refractivity (Wildman–Crippen MR) is 105 cm³/mol. The largest absolute Gasteiger partial charge is 0.435 e. The van der Waals surface area contributed by atoms with Gasteiger partial charge in [0, 0.05) is 35.8 Å². The highest BCUT2D eigenvalue weighted by Gasteiger charge is 2.17. The number of fused-ring (bicyclic) bond motifs is 1. The van der Waals surface area contributed by atoms with Crippen LogP contribution in [-0.4, -0.2) is 34.6 Å². The standard InChI is InChI=1S/C18H14F2N6O3S/c19-17(20)29-14-3-1-2-13(7-14)25-30(27,28)15-6-12(8-22-9-15)11-4-5-16-23-18(21)24-26(16)10-11/h1-10,17,25H,(H2,21,24). The number of benzene rings is 1. The van der Waals surface area contributed by atoms with Crippen LogP contribution in [0.2, 0.25) is 0 Å². The number of ether oxygens (including phenoxy) is 1. The highest BCUT2D eigenvalue weighted by molar-refractivity contribution is 7.92. The molecule has 3 aromatic heterocycles. The van der Waals surface area contributed by atoms with E-state index in [4.69, 9.17) is 5.73 Å². The molecule has 0 fully saturated rings. The van der Waals surface area contributed by atoms with Crippen molar-refractivity contribution in [1.29, 1.82) is 0 Å². The van der Waals surface area contributed by atoms with Crippen molar-refractivity contribution in [1.82, 2.24) is 19.6 Å². The normalized spacial score (nSPS) is 11.7. The molecule has 0 atom stereocenters. The number of nitrogens with two attached hydrogens (primary N) is 1. The van der Waals surface area contributed by atoms with Gasteiger partial charge in [0.25, 0.3) is 10.0 Å². The van der Waals surface area contributed by atoms with Crippen LogP contribution in [0, 0.1) is 0 Å². The monoisotopic (exact) mass is 432 g/mol. The summed E-state index contributed by atoms with van der Waals surface area (Å²) in [5, 5.41) is 4.02. The molecule has 1 aromatic carbocycles. The molecule has 30 heavy (non-hydrogen) atoms. The van der Waals surface area contributed by atoms with E-state index >= 15 is 0 Å². The number of nitrogens with one attached hydrogen (secondary N) is 1. The van der Waals surface area contributed by atoms with Crippen molar-refractivity contribution >= 4 is 27.3 Å². The molecule has 0 spiro atoms. The second-order valence-electron chi connectivity index (χ2n) is 6.11. The van der Waals surface area contributed by atoms with Gasteiger partial charge in [0.2, 0.25) is 5.95 Å². The Hall–Kier alpha value is -3.80. The molecule has 0 radical (unpaired) electrons. The number of sulfonamides is 1. The van der Waals surface area contributed by atoms with Gasteiger partial charge in [0.1, 0.15) is 10.6 Å². The topological polar surface area (TPSA) is 124 Å². The van der Waals surface area contributed by atoms with E-state index in [0.717, 1.165) is 6.07 Å². The van der Waals surface area contributed by atoms with E-state index in [9.17, 15) is 17.2 Å². The first kappa shape index (κ1) is 19.5. The quantitative estimate of drug-likeness (QED) is 0.480. The van der Waals surface area contributed by atoms with Crippen molar-refractivity contribution in [2.45, 2.75) is 11.5 Å². The minimum atomic E-state index is -4.04. The van der Waals surface area contributed by atoms with E-state index in [1.54, 1.807) is 18.3 Å². The summed E-state index contributed by atoms with van der Waals surface area (Å²) >= 11 is 0. The Morgan fingerprint density at radius 2 is 1.93 bits per heavy atom. The lowest BCUT2D eigenvalue weighted by molar-refractivity contribution is -0.0497. The van der Waals surface area contributed by atoms with Crippen LogP contribution in [0.4, 0.5) is 20.4 Å². The smallest absolute Gasteiger partial charge is 0.387 e. The molecule has 0 amide bonds. The van der Waals surface area contributed by atoms with E-state index in [1.807, 2.05) is 0 Å². The Morgan fingerprint density at radius 3 is 2.73 bits per heavy atom. The Balaban J connectivity index is 1.63. The van der Waals surface area contributed by atoms with Gasteiger partial charge in [-0.25, -0.2) is 12.9 Å². The molecular formula is C18H14F2N6O3S. The van der Waals surface area contributed by atoms with Gasteiger partial charge in [0.15, 0.2) is 5.65 Å². The summed E-state index contributed by atoms with van der Waals surface area (Å²) in [6, 6.07) is 10.1. The molecule has 3 N–H and O–H groups in total. The van der Waals surface area contributed by atoms with Crippen LogP contribution in [-0.2, 0) is 10.0 Å². The molecule has 0 saturated carbocycles. The van der Waals surface area contributed by atoms with Crippen LogP contribution in [0.3, 0.4) is 0 Å². The molecule has 3 heterocycles. The van der Waals surface area contributed by atoms with Crippen LogP contribution in [0.1, 0.15) is 0 Å². The highest BCUT2D eigenvalue weighted by atomic mass is 32.2. The van der Waals surface area contributed by atoms with E-state index in [2.05, 4.69) is 24.5 Å². The molecule has 4 aromatic rings. The zero-order valence-electron chi connectivity index (χ0n) is 15.1. The third kappa shape index (κ3) is 4.12. The lowest BCUT2D eigenvalue weighted by Gasteiger charge is -2.11. The first-order chi connectivity index (χ1) is 14.3. The van der Waals surface area contributed by atoms with Gasteiger partial charge in [-0.05, 0) is 30.3 Å². The number of hydrogen-bond acceptors (Lipinski definition) is 7. The fraction of sp³-hybridized carbons (Fsp3) is 0.0556. The minimum Gasteiger partial charge on any atom is -0.435 e. The van der Waals surface area contributed by atoms with Gasteiger partial charge < -0.3 is 10.5 Å². The molecule has 0 aliphatic carbocycles. The van der Waals surface area contributed by atoms with E-state index in [-0.39, 0.29) is 22.3 Å². The first-order valence-electron chi connectivity index (χ1n) is 8.45.